The van der Waals surface area contributed by atoms with Gasteiger partial charge >= 0.3 is 0 Å². The van der Waals surface area contributed by atoms with Crippen molar-refractivity contribution in [1.29, 1.82) is 0 Å². The Balaban J connectivity index is 1.35. The molecule has 4 aromatic carbocycles. The van der Waals surface area contributed by atoms with Gasteiger partial charge in [-0.3, -0.25) is 28.9 Å². The third-order valence-corrected chi connectivity index (χ3v) is 7.85. The quantitative estimate of drug-likeness (QED) is 0.118. The molecule has 0 radical (unpaired) electrons. The number of carbonyl (C=O) groups excluding carboxylic acids is 3. The van der Waals surface area contributed by atoms with Crippen molar-refractivity contribution in [1.82, 2.24) is 15.2 Å². The Hall–Kier alpha value is -4.83. The van der Waals surface area contributed by atoms with Crippen LogP contribution in [0.25, 0.3) is 0 Å². The molecular formula is C39H45N3O6. The van der Waals surface area contributed by atoms with Gasteiger partial charge in [0.2, 0.25) is 17.7 Å². The van der Waals surface area contributed by atoms with Gasteiger partial charge in [0.05, 0.1) is 0 Å². The predicted octanol–water partition coefficient (Wildman–Crippen LogP) is 6.26. The van der Waals surface area contributed by atoms with E-state index in [0.717, 1.165) is 33.4 Å². The molecule has 252 valence electrons. The van der Waals surface area contributed by atoms with Crippen molar-refractivity contribution >= 4 is 17.7 Å². The first-order valence-corrected chi connectivity index (χ1v) is 16.2. The van der Waals surface area contributed by atoms with Gasteiger partial charge in [-0.1, -0.05) is 109 Å². The van der Waals surface area contributed by atoms with E-state index in [0.29, 0.717) is 39.1 Å². The van der Waals surface area contributed by atoms with E-state index in [1.807, 2.05) is 109 Å². The van der Waals surface area contributed by atoms with Gasteiger partial charge in [-0.05, 0) is 52.6 Å². The topological polar surface area (TPSA) is 88.6 Å². The molecule has 48 heavy (non-hydrogen) atoms. The lowest BCUT2D eigenvalue weighted by molar-refractivity contribution is -0.182. The summed E-state index contributed by atoms with van der Waals surface area (Å²) in [5.74, 6) is -0.423. The summed E-state index contributed by atoms with van der Waals surface area (Å²) in [5.41, 5.74) is 5.79. The SMILES string of the molecule is CN(OCc1ccccc1)C(=O)CCc1cc(CCC(=O)N(C)OCc2ccccc2)cc(CCC(=O)N(C)OCc2ccccc2)c1. The fourth-order valence-electron chi connectivity index (χ4n) is 4.95. The average Bonchev–Trinajstić information content (AvgIpc) is 3.13. The molecule has 4 aromatic rings. The first kappa shape index (κ1) is 36.0. The fraction of sp³-hybridized carbons (Fsp3) is 0.308. The molecule has 0 heterocycles. The number of amides is 3. The van der Waals surface area contributed by atoms with E-state index in [-0.39, 0.29) is 37.0 Å². The summed E-state index contributed by atoms with van der Waals surface area (Å²) in [6.07, 6.45) is 2.21. The van der Waals surface area contributed by atoms with Gasteiger partial charge in [-0.25, -0.2) is 15.2 Å². The highest BCUT2D eigenvalue weighted by Gasteiger charge is 2.15. The Morgan fingerprint density at radius 3 is 0.917 bits per heavy atom. The maximum Gasteiger partial charge on any atom is 0.246 e. The Morgan fingerprint density at radius 1 is 0.417 bits per heavy atom. The first-order chi connectivity index (χ1) is 23.3. The number of hydroxylamine groups is 6. The standard InChI is InChI=1S/C39H45N3O6/c1-40(46-28-31-13-7-4-8-14-31)37(43)22-19-34-25-35(20-23-38(44)41(2)47-29-32-15-9-5-10-16-32)27-36(26-34)21-24-39(45)42(3)48-30-33-17-11-6-12-18-33/h4-18,25-27H,19-24,28-30H2,1-3H3. The number of hydrogen-bond donors (Lipinski definition) is 0. The first-order valence-electron chi connectivity index (χ1n) is 16.2. The fourth-order valence-corrected chi connectivity index (χ4v) is 4.95. The Labute approximate surface area is 283 Å². The van der Waals surface area contributed by atoms with Crippen molar-refractivity contribution in [2.24, 2.45) is 0 Å². The van der Waals surface area contributed by atoms with E-state index in [4.69, 9.17) is 14.5 Å². The minimum Gasteiger partial charge on any atom is -0.273 e. The Bertz CT molecular complexity index is 1380. The Kier molecular flexibility index (Phi) is 14.3. The van der Waals surface area contributed by atoms with Crippen molar-refractivity contribution in [3.05, 3.63) is 143 Å². The molecule has 9 heteroatoms. The van der Waals surface area contributed by atoms with Gasteiger partial charge in [-0.2, -0.15) is 0 Å². The van der Waals surface area contributed by atoms with Crippen LogP contribution in [0.4, 0.5) is 0 Å². The van der Waals surface area contributed by atoms with Crippen LogP contribution >= 0.6 is 0 Å². The predicted molar refractivity (Wildman–Crippen MR) is 183 cm³/mol. The normalized spacial score (nSPS) is 10.8. The van der Waals surface area contributed by atoms with Crippen LogP contribution in [0.1, 0.15) is 52.6 Å². The molecule has 0 saturated heterocycles. The van der Waals surface area contributed by atoms with Gasteiger partial charge in [0.25, 0.3) is 0 Å². The lowest BCUT2D eigenvalue weighted by Gasteiger charge is -2.18. The lowest BCUT2D eigenvalue weighted by atomic mass is 9.97. The Morgan fingerprint density at radius 2 is 0.667 bits per heavy atom. The summed E-state index contributed by atoms with van der Waals surface area (Å²) in [6.45, 7) is 0.910. The van der Waals surface area contributed by atoms with E-state index in [1.165, 1.54) is 15.2 Å². The zero-order valence-electron chi connectivity index (χ0n) is 28.0. The van der Waals surface area contributed by atoms with Crippen LogP contribution in [-0.2, 0) is 68.0 Å². The third kappa shape index (κ3) is 12.4. The molecule has 4 rings (SSSR count). The van der Waals surface area contributed by atoms with E-state index >= 15 is 0 Å². The molecule has 0 bridgehead atoms. The molecule has 0 spiro atoms. The highest BCUT2D eigenvalue weighted by Crippen LogP contribution is 2.18. The molecule has 0 fully saturated rings. The minimum atomic E-state index is -0.141. The number of aryl methyl sites for hydroxylation is 3. The second-order valence-corrected chi connectivity index (χ2v) is 11.6. The van der Waals surface area contributed by atoms with Gasteiger partial charge in [0.15, 0.2) is 0 Å². The summed E-state index contributed by atoms with van der Waals surface area (Å²) in [5, 5.41) is 3.85. The van der Waals surface area contributed by atoms with Crippen LogP contribution in [0, 0.1) is 0 Å². The monoisotopic (exact) mass is 651 g/mol. The smallest absolute Gasteiger partial charge is 0.246 e. The van der Waals surface area contributed by atoms with E-state index in [9.17, 15) is 14.4 Å². The number of hydrogen-bond acceptors (Lipinski definition) is 6. The summed E-state index contributed by atoms with van der Waals surface area (Å²) in [7, 11) is 4.87. The number of nitrogens with zero attached hydrogens (tertiary/aromatic N) is 3. The van der Waals surface area contributed by atoms with Crippen LogP contribution in [0.2, 0.25) is 0 Å². The highest BCUT2D eigenvalue weighted by molar-refractivity contribution is 5.76. The second-order valence-electron chi connectivity index (χ2n) is 11.6. The van der Waals surface area contributed by atoms with Crippen molar-refractivity contribution < 1.29 is 28.9 Å². The van der Waals surface area contributed by atoms with Crippen LogP contribution in [0.15, 0.2) is 109 Å². The van der Waals surface area contributed by atoms with Crippen LogP contribution in [-0.4, -0.2) is 54.1 Å². The molecule has 0 aliphatic carbocycles. The van der Waals surface area contributed by atoms with Gasteiger partial charge in [0, 0.05) is 40.4 Å². The average molecular weight is 652 g/mol. The summed E-state index contributed by atoms with van der Waals surface area (Å²) in [4.78, 5) is 55.7. The molecule has 0 atom stereocenters. The summed E-state index contributed by atoms with van der Waals surface area (Å²) >= 11 is 0. The van der Waals surface area contributed by atoms with E-state index in [2.05, 4.69) is 0 Å². The van der Waals surface area contributed by atoms with Crippen molar-refractivity contribution in [3.63, 3.8) is 0 Å². The van der Waals surface area contributed by atoms with Crippen LogP contribution in [0.3, 0.4) is 0 Å². The number of rotatable bonds is 18. The van der Waals surface area contributed by atoms with Crippen molar-refractivity contribution in [3.8, 4) is 0 Å². The molecule has 0 N–H and O–H groups in total. The molecule has 3 amide bonds. The molecule has 9 nitrogen and oxygen atoms in total. The third-order valence-electron chi connectivity index (χ3n) is 7.85. The molecule has 0 aliphatic rings. The second kappa shape index (κ2) is 19.1. The van der Waals surface area contributed by atoms with E-state index in [1.54, 1.807) is 21.1 Å². The van der Waals surface area contributed by atoms with Gasteiger partial charge in [0.1, 0.15) is 19.8 Å². The molecular weight excluding hydrogens is 606 g/mol. The minimum absolute atomic E-state index is 0.141. The van der Waals surface area contributed by atoms with Crippen LogP contribution in [0.5, 0.6) is 0 Å². The number of carbonyl (C=O) groups is 3. The van der Waals surface area contributed by atoms with Crippen molar-refractivity contribution in [2.75, 3.05) is 21.1 Å². The van der Waals surface area contributed by atoms with E-state index < -0.39 is 0 Å². The number of benzene rings is 4. The van der Waals surface area contributed by atoms with Gasteiger partial charge in [-0.15, -0.1) is 0 Å². The highest BCUT2D eigenvalue weighted by atomic mass is 16.7. The zero-order chi connectivity index (χ0) is 34.1. The van der Waals surface area contributed by atoms with Crippen LogP contribution < -0.4 is 0 Å². The molecule has 0 saturated carbocycles. The summed E-state index contributed by atoms with van der Waals surface area (Å²) in [6, 6.07) is 35.1. The maximum atomic E-state index is 12.9. The molecule has 0 aromatic heterocycles. The zero-order valence-corrected chi connectivity index (χ0v) is 28.0. The summed E-state index contributed by atoms with van der Waals surface area (Å²) < 4.78 is 0. The maximum absolute atomic E-state index is 12.9. The van der Waals surface area contributed by atoms with Crippen molar-refractivity contribution in [2.45, 2.75) is 58.3 Å². The molecule has 0 aliphatic heterocycles. The lowest BCUT2D eigenvalue weighted by Crippen LogP contribution is -2.27. The molecule has 0 unspecified atom stereocenters. The van der Waals surface area contributed by atoms with Gasteiger partial charge < -0.3 is 0 Å². The largest absolute Gasteiger partial charge is 0.273 e.